The molecule has 7 heteroatoms. The van der Waals surface area contributed by atoms with Crippen LogP contribution in [0, 0.1) is 5.82 Å². The molecule has 0 aliphatic rings. The molecule has 0 bridgehead atoms. The number of H-pyrrole nitrogens is 1. The van der Waals surface area contributed by atoms with E-state index in [-0.39, 0.29) is 5.82 Å². The zero-order valence-corrected chi connectivity index (χ0v) is 13.1. The Morgan fingerprint density at radius 1 is 1.12 bits per heavy atom. The van der Waals surface area contributed by atoms with Crippen LogP contribution in [0.1, 0.15) is 11.3 Å². The van der Waals surface area contributed by atoms with Gasteiger partial charge in [0, 0.05) is 18.7 Å². The van der Waals surface area contributed by atoms with E-state index in [9.17, 15) is 9.18 Å². The van der Waals surface area contributed by atoms with Crippen molar-refractivity contribution in [3.05, 3.63) is 76.0 Å². The summed E-state index contributed by atoms with van der Waals surface area (Å²) in [6.07, 6.45) is 0. The van der Waals surface area contributed by atoms with Gasteiger partial charge in [-0.2, -0.15) is 0 Å². The minimum absolute atomic E-state index is 0.276. The molecule has 0 saturated carbocycles. The average molecular weight is 330 g/mol. The first kappa shape index (κ1) is 15.9. The highest BCUT2D eigenvalue weighted by Crippen LogP contribution is 2.11. The number of benzene rings is 2. The number of aromatic nitrogens is 2. The van der Waals surface area contributed by atoms with Gasteiger partial charge in [-0.15, -0.1) is 0 Å². The minimum Gasteiger partial charge on any atom is -0.497 e. The van der Waals surface area contributed by atoms with Gasteiger partial charge in [0.05, 0.1) is 13.7 Å². The molecular weight excluding hydrogens is 313 g/mol. The highest BCUT2D eigenvalue weighted by molar-refractivity contribution is 5.31. The summed E-state index contributed by atoms with van der Waals surface area (Å²) in [6.45, 7) is 0.808. The second kappa shape index (κ2) is 7.10. The highest BCUT2D eigenvalue weighted by Gasteiger charge is 2.22. The van der Waals surface area contributed by atoms with Crippen LogP contribution < -0.4 is 20.4 Å². The zero-order chi connectivity index (χ0) is 16.9. The van der Waals surface area contributed by atoms with Crippen molar-refractivity contribution in [2.75, 3.05) is 7.11 Å². The molecule has 0 spiro atoms. The summed E-state index contributed by atoms with van der Waals surface area (Å²) in [7, 11) is 1.59. The van der Waals surface area contributed by atoms with Gasteiger partial charge in [-0.3, -0.25) is 4.52 Å². The number of hydrogen-bond acceptors (Lipinski definition) is 4. The fraction of sp³-hybridized carbons (Fsp3) is 0.176. The number of rotatable bonds is 6. The molecule has 0 fully saturated rings. The smallest absolute Gasteiger partial charge is 0.431 e. The van der Waals surface area contributed by atoms with Crippen molar-refractivity contribution in [3.63, 3.8) is 0 Å². The summed E-state index contributed by atoms with van der Waals surface area (Å²) < 4.78 is 24.5. The molecule has 1 aromatic heterocycles. The predicted molar refractivity (Wildman–Crippen MR) is 84.4 cm³/mol. The van der Waals surface area contributed by atoms with Crippen LogP contribution >= 0.6 is 0 Å². The molecule has 6 nitrogen and oxygen atoms in total. The molecule has 0 atom stereocenters. The summed E-state index contributed by atoms with van der Waals surface area (Å²) in [5, 5.41) is 5.73. The maximum Gasteiger partial charge on any atom is 0.431 e. The van der Waals surface area contributed by atoms with E-state index in [0.717, 1.165) is 17.0 Å². The molecule has 0 radical (unpaired) electrons. The van der Waals surface area contributed by atoms with Crippen molar-refractivity contribution in [2.45, 2.75) is 13.1 Å². The van der Waals surface area contributed by atoms with Crippen molar-refractivity contribution in [1.82, 2.24) is 10.6 Å². The van der Waals surface area contributed by atoms with Crippen molar-refractivity contribution >= 4 is 0 Å². The first-order valence-corrected chi connectivity index (χ1v) is 7.39. The number of hydrogen-bond donors (Lipinski definition) is 2. The predicted octanol–water partition coefficient (Wildman–Crippen LogP) is 1.68. The number of halogens is 1. The SMILES string of the molecule is COc1ccc(-[n+]2[nH]oc(=O)c2CNCc2ccc(F)cc2)cc1. The molecule has 3 aromatic rings. The van der Waals surface area contributed by atoms with Gasteiger partial charge in [0.25, 0.3) is 0 Å². The van der Waals surface area contributed by atoms with Gasteiger partial charge >= 0.3 is 11.3 Å². The Kier molecular flexibility index (Phi) is 4.72. The summed E-state index contributed by atoms with van der Waals surface area (Å²) in [5.41, 5.74) is 1.66. The zero-order valence-electron chi connectivity index (χ0n) is 13.1. The van der Waals surface area contributed by atoms with Crippen LogP contribution in [0.25, 0.3) is 5.69 Å². The van der Waals surface area contributed by atoms with Gasteiger partial charge in [-0.25, -0.2) is 9.18 Å². The largest absolute Gasteiger partial charge is 0.497 e. The summed E-state index contributed by atoms with van der Waals surface area (Å²) in [6, 6.07) is 13.4. The second-order valence-electron chi connectivity index (χ2n) is 5.19. The lowest BCUT2D eigenvalue weighted by atomic mass is 10.2. The molecule has 0 amide bonds. The third kappa shape index (κ3) is 3.52. The van der Waals surface area contributed by atoms with Crippen LogP contribution in [-0.2, 0) is 13.1 Å². The summed E-state index contributed by atoms with van der Waals surface area (Å²) in [4.78, 5) is 11.9. The third-order valence-corrected chi connectivity index (χ3v) is 3.60. The van der Waals surface area contributed by atoms with Crippen LogP contribution in [0.3, 0.4) is 0 Å². The van der Waals surface area contributed by atoms with E-state index in [1.54, 1.807) is 36.1 Å². The molecular formula is C17H17FN3O3+. The van der Waals surface area contributed by atoms with E-state index < -0.39 is 5.63 Å². The molecule has 2 aromatic carbocycles. The van der Waals surface area contributed by atoms with E-state index in [1.165, 1.54) is 12.1 Å². The average Bonchev–Trinajstić information content (AvgIpc) is 2.98. The maximum atomic E-state index is 12.9. The van der Waals surface area contributed by atoms with E-state index in [2.05, 4.69) is 10.6 Å². The Hall–Kier alpha value is -2.93. The Morgan fingerprint density at radius 2 is 1.83 bits per heavy atom. The quantitative estimate of drug-likeness (QED) is 0.675. The van der Waals surface area contributed by atoms with Crippen molar-refractivity contribution in [3.8, 4) is 11.4 Å². The lowest BCUT2D eigenvalue weighted by molar-refractivity contribution is -0.677. The van der Waals surface area contributed by atoms with Gasteiger partial charge in [-0.1, -0.05) is 12.1 Å². The standard InChI is InChI=1S/C17H16FN3O3/c1-23-15-8-6-14(7-9-15)21-16(17(22)24-20-21)11-19-10-12-2-4-13(18)5-3-12/h2-9,19H,10-11H2,1H3/p+1. The maximum absolute atomic E-state index is 12.9. The summed E-state index contributed by atoms with van der Waals surface area (Å²) >= 11 is 0. The van der Waals surface area contributed by atoms with Crippen LogP contribution in [0.5, 0.6) is 5.75 Å². The topological polar surface area (TPSA) is 71.1 Å². The van der Waals surface area contributed by atoms with Gasteiger partial charge in [-0.05, 0) is 39.8 Å². The Labute approximate surface area is 137 Å². The van der Waals surface area contributed by atoms with Gasteiger partial charge in [0.1, 0.15) is 11.6 Å². The van der Waals surface area contributed by atoms with E-state index in [1.807, 2.05) is 12.1 Å². The van der Waals surface area contributed by atoms with Crippen LogP contribution in [0.4, 0.5) is 4.39 Å². The summed E-state index contributed by atoms with van der Waals surface area (Å²) in [5.74, 6) is 0.448. The normalized spacial score (nSPS) is 10.8. The molecule has 0 aliphatic carbocycles. The van der Waals surface area contributed by atoms with Crippen molar-refractivity contribution < 1.29 is 18.3 Å². The fourth-order valence-electron chi connectivity index (χ4n) is 2.31. The fourth-order valence-corrected chi connectivity index (χ4v) is 2.31. The van der Waals surface area contributed by atoms with Gasteiger partial charge in [0.15, 0.2) is 0 Å². The highest BCUT2D eigenvalue weighted by atomic mass is 19.1. The number of aromatic amines is 1. The number of ether oxygens (including phenoxy) is 1. The molecule has 0 aliphatic heterocycles. The van der Waals surface area contributed by atoms with Gasteiger partial charge < -0.3 is 10.1 Å². The molecule has 3 rings (SSSR count). The number of nitrogens with one attached hydrogen (secondary N) is 2. The first-order chi connectivity index (χ1) is 11.7. The molecule has 0 saturated heterocycles. The van der Waals surface area contributed by atoms with Crippen molar-refractivity contribution in [2.24, 2.45) is 0 Å². The van der Waals surface area contributed by atoms with Gasteiger partial charge in [0.2, 0.25) is 5.69 Å². The second-order valence-corrected chi connectivity index (χ2v) is 5.19. The monoisotopic (exact) mass is 330 g/mol. The minimum atomic E-state index is -0.447. The van der Waals surface area contributed by atoms with E-state index >= 15 is 0 Å². The van der Waals surface area contributed by atoms with Crippen LogP contribution in [0.15, 0.2) is 57.8 Å². The van der Waals surface area contributed by atoms with E-state index in [0.29, 0.717) is 18.8 Å². The molecule has 2 N–H and O–H groups in total. The van der Waals surface area contributed by atoms with Crippen LogP contribution in [-0.4, -0.2) is 12.4 Å². The molecule has 0 unspecified atom stereocenters. The molecule has 24 heavy (non-hydrogen) atoms. The first-order valence-electron chi connectivity index (χ1n) is 7.39. The lowest BCUT2D eigenvalue weighted by Crippen LogP contribution is -2.40. The number of methoxy groups -OCH3 is 1. The third-order valence-electron chi connectivity index (χ3n) is 3.60. The Morgan fingerprint density at radius 3 is 2.50 bits per heavy atom. The van der Waals surface area contributed by atoms with Crippen LogP contribution in [0.2, 0.25) is 0 Å². The van der Waals surface area contributed by atoms with Crippen molar-refractivity contribution in [1.29, 1.82) is 0 Å². The Bertz CT molecular complexity index is 854. The Balaban J connectivity index is 1.72. The lowest BCUT2D eigenvalue weighted by Gasteiger charge is -2.02. The molecule has 1 heterocycles. The number of nitrogens with zero attached hydrogens (tertiary/aromatic N) is 1. The molecule has 124 valence electrons. The van der Waals surface area contributed by atoms with E-state index in [4.69, 9.17) is 9.26 Å².